The molecule has 33 heavy (non-hydrogen) atoms. The van der Waals surface area contributed by atoms with Gasteiger partial charge in [0.25, 0.3) is 5.91 Å². The fourth-order valence-electron chi connectivity index (χ4n) is 3.68. The average molecular weight is 440 g/mol. The van der Waals surface area contributed by atoms with Crippen LogP contribution in [0.25, 0.3) is 22.3 Å². The maximum absolute atomic E-state index is 12.5. The number of carbonyl (C=O) groups is 1. The topological polar surface area (TPSA) is 102 Å². The van der Waals surface area contributed by atoms with Crippen molar-refractivity contribution in [2.24, 2.45) is 0 Å². The van der Waals surface area contributed by atoms with Gasteiger partial charge in [0, 0.05) is 40.5 Å². The van der Waals surface area contributed by atoms with Gasteiger partial charge in [0.1, 0.15) is 5.75 Å². The smallest absolute Gasteiger partial charge is 0.439 e. The van der Waals surface area contributed by atoms with E-state index in [9.17, 15) is 9.59 Å². The Morgan fingerprint density at radius 3 is 2.55 bits per heavy atom. The van der Waals surface area contributed by atoms with Gasteiger partial charge in [-0.25, -0.2) is 4.79 Å². The van der Waals surface area contributed by atoms with Crippen molar-refractivity contribution in [3.8, 4) is 17.1 Å². The van der Waals surface area contributed by atoms with E-state index in [2.05, 4.69) is 24.5 Å². The Labute approximate surface area is 188 Å². The summed E-state index contributed by atoms with van der Waals surface area (Å²) in [6.07, 6.45) is 2.00. The first-order valence-corrected chi connectivity index (χ1v) is 10.3. The molecule has 0 radical (unpaired) electrons. The third kappa shape index (κ3) is 4.27. The van der Waals surface area contributed by atoms with E-state index < -0.39 is 5.76 Å². The van der Waals surface area contributed by atoms with Crippen LogP contribution in [0.5, 0.6) is 5.75 Å². The molecule has 0 aliphatic carbocycles. The molecule has 5 rings (SSSR count). The number of nitrogens with zero attached hydrogens (tertiary/aromatic N) is 2. The first kappa shape index (κ1) is 20.3. The van der Waals surface area contributed by atoms with E-state index in [0.29, 0.717) is 23.6 Å². The van der Waals surface area contributed by atoms with Crippen molar-refractivity contribution >= 4 is 22.5 Å². The van der Waals surface area contributed by atoms with Crippen LogP contribution in [-0.4, -0.2) is 27.7 Å². The predicted octanol–water partition coefficient (Wildman–Crippen LogP) is 4.29. The number of benzene rings is 3. The fourth-order valence-corrected chi connectivity index (χ4v) is 3.68. The number of H-pyrrole nitrogens is 1. The van der Waals surface area contributed by atoms with Gasteiger partial charge in [0.05, 0.1) is 7.11 Å². The standard InChI is InChI=1S/C25H20N4O4/c1-32-21-9-7-20(8-10-21)26-24(30)17-4-2-16(3-5-17)15-29-13-12-18-14-19(6-11-22(18)29)23-27-25(31)33-28-23/h2-14H,15H2,1H3,(H,26,30)(H,27,28,31). The quantitative estimate of drug-likeness (QED) is 0.410. The van der Waals surface area contributed by atoms with E-state index in [-0.39, 0.29) is 5.91 Å². The summed E-state index contributed by atoms with van der Waals surface area (Å²) in [5.74, 6) is 0.387. The first-order chi connectivity index (χ1) is 16.1. The maximum atomic E-state index is 12.5. The normalized spacial score (nSPS) is 10.9. The molecule has 2 N–H and O–H groups in total. The Balaban J connectivity index is 1.29. The molecule has 8 nitrogen and oxygen atoms in total. The van der Waals surface area contributed by atoms with Crippen LogP contribution < -0.4 is 15.8 Å². The van der Waals surface area contributed by atoms with E-state index in [0.717, 1.165) is 27.8 Å². The largest absolute Gasteiger partial charge is 0.497 e. The van der Waals surface area contributed by atoms with Crippen molar-refractivity contribution < 1.29 is 14.1 Å². The van der Waals surface area contributed by atoms with Crippen LogP contribution in [-0.2, 0) is 6.54 Å². The van der Waals surface area contributed by atoms with Gasteiger partial charge in [0.15, 0.2) is 5.82 Å². The van der Waals surface area contributed by atoms with Gasteiger partial charge < -0.3 is 14.6 Å². The third-order valence-electron chi connectivity index (χ3n) is 5.40. The van der Waals surface area contributed by atoms with Crippen LogP contribution in [0.4, 0.5) is 5.69 Å². The molecule has 0 saturated carbocycles. The van der Waals surface area contributed by atoms with E-state index >= 15 is 0 Å². The Hall–Kier alpha value is -4.59. The minimum atomic E-state index is -0.580. The van der Waals surface area contributed by atoms with E-state index in [4.69, 9.17) is 4.74 Å². The number of hydrogen-bond donors (Lipinski definition) is 2. The second kappa shape index (κ2) is 8.51. The van der Waals surface area contributed by atoms with E-state index in [1.165, 1.54) is 0 Å². The fraction of sp³-hybridized carbons (Fsp3) is 0.0800. The van der Waals surface area contributed by atoms with Crippen molar-refractivity contribution in [2.45, 2.75) is 6.54 Å². The Morgan fingerprint density at radius 1 is 1.06 bits per heavy atom. The van der Waals surface area contributed by atoms with Gasteiger partial charge in [-0.3, -0.25) is 14.3 Å². The summed E-state index contributed by atoms with van der Waals surface area (Å²) in [4.78, 5) is 26.3. The summed E-state index contributed by atoms with van der Waals surface area (Å²) in [5, 5.41) is 7.64. The average Bonchev–Trinajstić information content (AvgIpc) is 3.46. The Bertz CT molecular complexity index is 1480. The minimum Gasteiger partial charge on any atom is -0.497 e. The zero-order valence-electron chi connectivity index (χ0n) is 17.7. The Kier molecular flexibility index (Phi) is 5.24. The molecule has 8 heteroatoms. The van der Waals surface area contributed by atoms with Crippen LogP contribution in [0.2, 0.25) is 0 Å². The number of carbonyl (C=O) groups excluding carboxylic acids is 1. The molecule has 164 valence electrons. The van der Waals surface area contributed by atoms with Crippen LogP contribution in [0.3, 0.4) is 0 Å². The number of fused-ring (bicyclic) bond motifs is 1. The molecule has 3 aromatic carbocycles. The lowest BCUT2D eigenvalue weighted by molar-refractivity contribution is 0.102. The molecule has 0 aliphatic rings. The summed E-state index contributed by atoms with van der Waals surface area (Å²) < 4.78 is 11.8. The lowest BCUT2D eigenvalue weighted by Gasteiger charge is -2.09. The van der Waals surface area contributed by atoms with Crippen molar-refractivity contribution in [3.05, 3.63) is 101 Å². The highest BCUT2D eigenvalue weighted by Crippen LogP contribution is 2.23. The highest BCUT2D eigenvalue weighted by atomic mass is 16.5. The van der Waals surface area contributed by atoms with Crippen molar-refractivity contribution in [1.29, 1.82) is 0 Å². The molecule has 5 aromatic rings. The second-order valence-corrected chi connectivity index (χ2v) is 7.54. The third-order valence-corrected chi connectivity index (χ3v) is 5.40. The SMILES string of the molecule is COc1ccc(NC(=O)c2ccc(Cn3ccc4cc(-c5noc(=O)[nH]5)ccc43)cc2)cc1. The van der Waals surface area contributed by atoms with E-state index in [1.807, 2.05) is 54.7 Å². The van der Waals surface area contributed by atoms with Crippen molar-refractivity contribution in [1.82, 2.24) is 14.7 Å². The molecule has 0 unspecified atom stereocenters. The van der Waals surface area contributed by atoms with Gasteiger partial charge in [-0.2, -0.15) is 0 Å². The lowest BCUT2D eigenvalue weighted by Crippen LogP contribution is -2.11. The zero-order chi connectivity index (χ0) is 22.8. The molecule has 0 spiro atoms. The van der Waals surface area contributed by atoms with Gasteiger partial charge in [-0.1, -0.05) is 17.3 Å². The lowest BCUT2D eigenvalue weighted by atomic mass is 10.1. The van der Waals surface area contributed by atoms with Crippen LogP contribution in [0, 0.1) is 0 Å². The number of methoxy groups -OCH3 is 1. The van der Waals surface area contributed by atoms with Gasteiger partial charge in [0.2, 0.25) is 0 Å². The molecule has 0 atom stereocenters. The molecule has 0 bridgehead atoms. The molecule has 2 aromatic heterocycles. The zero-order valence-corrected chi connectivity index (χ0v) is 17.7. The van der Waals surface area contributed by atoms with Crippen LogP contribution >= 0.6 is 0 Å². The van der Waals surface area contributed by atoms with Gasteiger partial charge >= 0.3 is 5.76 Å². The summed E-state index contributed by atoms with van der Waals surface area (Å²) in [6, 6.07) is 22.6. The summed E-state index contributed by atoms with van der Waals surface area (Å²) in [5.41, 5.74) is 4.18. The molecule has 2 heterocycles. The Morgan fingerprint density at radius 2 is 1.85 bits per heavy atom. The number of nitrogens with one attached hydrogen (secondary N) is 2. The predicted molar refractivity (Wildman–Crippen MR) is 125 cm³/mol. The number of aromatic amines is 1. The number of anilines is 1. The van der Waals surface area contributed by atoms with Crippen LogP contribution in [0.1, 0.15) is 15.9 Å². The molecular weight excluding hydrogens is 420 g/mol. The number of ether oxygens (including phenoxy) is 1. The summed E-state index contributed by atoms with van der Waals surface area (Å²) >= 11 is 0. The molecule has 1 amide bonds. The monoisotopic (exact) mass is 440 g/mol. The van der Waals surface area contributed by atoms with E-state index in [1.54, 1.807) is 31.4 Å². The summed E-state index contributed by atoms with van der Waals surface area (Å²) in [7, 11) is 1.60. The van der Waals surface area contributed by atoms with Gasteiger partial charge in [-0.05, 0) is 66.2 Å². The molecule has 0 fully saturated rings. The minimum absolute atomic E-state index is 0.170. The maximum Gasteiger partial charge on any atom is 0.439 e. The van der Waals surface area contributed by atoms with Crippen molar-refractivity contribution in [3.63, 3.8) is 0 Å². The highest BCUT2D eigenvalue weighted by Gasteiger charge is 2.09. The second-order valence-electron chi connectivity index (χ2n) is 7.54. The van der Waals surface area contributed by atoms with Crippen LogP contribution in [0.15, 0.2) is 88.3 Å². The molecular formula is C25H20N4O4. The number of aromatic nitrogens is 3. The number of hydrogen-bond acceptors (Lipinski definition) is 5. The highest BCUT2D eigenvalue weighted by molar-refractivity contribution is 6.04. The number of rotatable bonds is 6. The summed E-state index contributed by atoms with van der Waals surface area (Å²) in [6.45, 7) is 0.657. The van der Waals surface area contributed by atoms with Crippen molar-refractivity contribution in [2.75, 3.05) is 12.4 Å². The molecule has 0 saturated heterocycles. The first-order valence-electron chi connectivity index (χ1n) is 10.3. The number of amides is 1. The van der Waals surface area contributed by atoms with Gasteiger partial charge in [-0.15, -0.1) is 0 Å². The molecule has 0 aliphatic heterocycles.